The number of rotatable bonds is 4. The van der Waals surface area contributed by atoms with Crippen molar-refractivity contribution >= 4 is 21.8 Å². The Morgan fingerprint density at radius 2 is 0.962 bits per heavy atom. The Kier molecular flexibility index (Phi) is 5.00. The largest absolute Gasteiger partial charge is 0.306 e. The third kappa shape index (κ3) is 4.77. The van der Waals surface area contributed by atoms with Crippen molar-refractivity contribution in [1.29, 1.82) is 0 Å². The predicted octanol–water partition coefficient (Wildman–Crippen LogP) is 4.56. The summed E-state index contributed by atoms with van der Waals surface area (Å²) >= 11 is 0. The number of hydrogen-bond donors (Lipinski definition) is 2. The molecule has 0 radical (unpaired) electrons. The van der Waals surface area contributed by atoms with E-state index >= 15 is 0 Å². The van der Waals surface area contributed by atoms with Gasteiger partial charge in [0.05, 0.1) is 22.4 Å². The summed E-state index contributed by atoms with van der Waals surface area (Å²) in [5, 5.41) is 9.27. The number of nitrogens with one attached hydrogen (secondary N) is 2. The Balaban J connectivity index is 1.98. The minimum absolute atomic E-state index is 0.0689. The second-order valence-corrected chi connectivity index (χ2v) is 9.02. The SMILES string of the molecule is CC(C)(C)NCc1ccc2ccc3ccc(CNC(C)(C)C)nc3c2n1. The molecule has 0 aliphatic carbocycles. The zero-order valence-corrected chi connectivity index (χ0v) is 16.8. The van der Waals surface area contributed by atoms with Crippen LogP contribution in [0.3, 0.4) is 0 Å². The summed E-state index contributed by atoms with van der Waals surface area (Å²) in [6.07, 6.45) is 0. The van der Waals surface area contributed by atoms with Crippen molar-refractivity contribution < 1.29 is 0 Å². The lowest BCUT2D eigenvalue weighted by atomic mass is 10.1. The molecule has 0 unspecified atom stereocenters. The van der Waals surface area contributed by atoms with Crippen molar-refractivity contribution in [2.24, 2.45) is 0 Å². The molecule has 0 saturated carbocycles. The zero-order valence-electron chi connectivity index (χ0n) is 16.8. The second kappa shape index (κ2) is 6.93. The first-order valence-corrected chi connectivity index (χ1v) is 9.29. The van der Waals surface area contributed by atoms with Gasteiger partial charge in [-0.05, 0) is 53.7 Å². The highest BCUT2D eigenvalue weighted by Crippen LogP contribution is 2.23. The summed E-state index contributed by atoms with van der Waals surface area (Å²) in [7, 11) is 0. The maximum absolute atomic E-state index is 4.91. The van der Waals surface area contributed by atoms with Gasteiger partial charge in [-0.2, -0.15) is 0 Å². The van der Waals surface area contributed by atoms with Crippen LogP contribution in [0.15, 0.2) is 36.4 Å². The van der Waals surface area contributed by atoms with Crippen molar-refractivity contribution in [1.82, 2.24) is 20.6 Å². The average Bonchev–Trinajstić information content (AvgIpc) is 2.56. The van der Waals surface area contributed by atoms with Crippen LogP contribution in [0.5, 0.6) is 0 Å². The number of nitrogens with zero attached hydrogens (tertiary/aromatic N) is 2. The van der Waals surface area contributed by atoms with Gasteiger partial charge in [-0.25, -0.2) is 9.97 Å². The van der Waals surface area contributed by atoms with E-state index in [-0.39, 0.29) is 11.1 Å². The van der Waals surface area contributed by atoms with Crippen LogP contribution in [0.4, 0.5) is 0 Å². The lowest BCUT2D eigenvalue weighted by Gasteiger charge is -2.20. The predicted molar refractivity (Wildman–Crippen MR) is 110 cm³/mol. The van der Waals surface area contributed by atoms with Crippen LogP contribution in [0.1, 0.15) is 52.9 Å². The molecule has 3 rings (SSSR count). The fraction of sp³-hybridized carbons (Fsp3) is 0.455. The molecular formula is C22H30N4. The molecule has 2 aromatic heterocycles. The van der Waals surface area contributed by atoms with Gasteiger partial charge in [-0.15, -0.1) is 0 Å². The van der Waals surface area contributed by atoms with Crippen LogP contribution in [-0.4, -0.2) is 21.0 Å². The number of pyridine rings is 2. The summed E-state index contributed by atoms with van der Waals surface area (Å²) < 4.78 is 0. The van der Waals surface area contributed by atoms with Crippen LogP contribution in [-0.2, 0) is 13.1 Å². The molecule has 0 fully saturated rings. The summed E-state index contributed by atoms with van der Waals surface area (Å²) in [6.45, 7) is 14.5. The highest BCUT2D eigenvalue weighted by Gasteiger charge is 2.12. The Morgan fingerprint density at radius 3 is 1.31 bits per heavy atom. The summed E-state index contributed by atoms with van der Waals surface area (Å²) in [5.74, 6) is 0. The number of fused-ring (bicyclic) bond motifs is 3. The number of benzene rings is 1. The topological polar surface area (TPSA) is 49.8 Å². The van der Waals surface area contributed by atoms with Crippen molar-refractivity contribution in [2.75, 3.05) is 0 Å². The minimum Gasteiger partial charge on any atom is -0.306 e. The molecule has 138 valence electrons. The van der Waals surface area contributed by atoms with E-state index in [4.69, 9.17) is 9.97 Å². The van der Waals surface area contributed by atoms with E-state index in [0.29, 0.717) is 0 Å². The van der Waals surface area contributed by atoms with Gasteiger partial charge in [0.25, 0.3) is 0 Å². The molecule has 26 heavy (non-hydrogen) atoms. The molecule has 0 atom stereocenters. The smallest absolute Gasteiger partial charge is 0.0968 e. The van der Waals surface area contributed by atoms with Gasteiger partial charge in [0, 0.05) is 34.9 Å². The van der Waals surface area contributed by atoms with Crippen molar-refractivity contribution in [2.45, 2.75) is 65.7 Å². The second-order valence-electron chi connectivity index (χ2n) is 9.02. The lowest BCUT2D eigenvalue weighted by Crippen LogP contribution is -2.35. The Labute approximate surface area is 156 Å². The molecule has 0 amide bonds. The molecule has 4 heteroatoms. The van der Waals surface area contributed by atoms with Gasteiger partial charge in [-0.1, -0.05) is 24.3 Å². The third-order valence-electron chi connectivity index (χ3n) is 4.23. The van der Waals surface area contributed by atoms with E-state index in [1.54, 1.807) is 0 Å². The van der Waals surface area contributed by atoms with Gasteiger partial charge in [0.2, 0.25) is 0 Å². The van der Waals surface area contributed by atoms with Crippen LogP contribution < -0.4 is 10.6 Å². The fourth-order valence-corrected chi connectivity index (χ4v) is 2.76. The molecule has 4 nitrogen and oxygen atoms in total. The molecule has 2 N–H and O–H groups in total. The highest BCUT2D eigenvalue weighted by atomic mass is 15.0. The molecule has 0 saturated heterocycles. The minimum atomic E-state index is 0.0689. The highest BCUT2D eigenvalue weighted by molar-refractivity contribution is 6.02. The third-order valence-corrected chi connectivity index (χ3v) is 4.23. The van der Waals surface area contributed by atoms with Gasteiger partial charge < -0.3 is 10.6 Å². The molecule has 3 aromatic rings. The molecule has 1 aromatic carbocycles. The molecule has 0 bridgehead atoms. The maximum Gasteiger partial charge on any atom is 0.0968 e. The van der Waals surface area contributed by atoms with Crippen LogP contribution in [0.2, 0.25) is 0 Å². The lowest BCUT2D eigenvalue weighted by molar-refractivity contribution is 0.421. The van der Waals surface area contributed by atoms with Crippen LogP contribution in [0.25, 0.3) is 21.8 Å². The van der Waals surface area contributed by atoms with Gasteiger partial charge in [0.15, 0.2) is 0 Å². The van der Waals surface area contributed by atoms with Crippen molar-refractivity contribution in [3.8, 4) is 0 Å². The molecule has 0 spiro atoms. The van der Waals surface area contributed by atoms with E-state index in [0.717, 1.165) is 46.3 Å². The zero-order chi connectivity index (χ0) is 18.9. The molecule has 0 aliphatic heterocycles. The van der Waals surface area contributed by atoms with E-state index in [1.165, 1.54) is 0 Å². The Hall–Kier alpha value is -2.04. The monoisotopic (exact) mass is 350 g/mol. The van der Waals surface area contributed by atoms with Gasteiger partial charge in [-0.3, -0.25) is 0 Å². The summed E-state index contributed by atoms with van der Waals surface area (Å²) in [6, 6.07) is 12.7. The molecular weight excluding hydrogens is 320 g/mol. The van der Waals surface area contributed by atoms with Crippen molar-refractivity contribution in [3.63, 3.8) is 0 Å². The first kappa shape index (κ1) is 18.7. The van der Waals surface area contributed by atoms with Crippen molar-refractivity contribution in [3.05, 3.63) is 47.8 Å². The standard InChI is InChI=1S/C22H30N4/c1-21(2,3)23-13-17-11-9-15-7-8-16-10-12-18(14-24-22(4,5)6)26-20(16)19(15)25-17/h7-12,23-24H,13-14H2,1-6H3. The summed E-state index contributed by atoms with van der Waals surface area (Å²) in [5.41, 5.74) is 4.18. The normalized spacial score (nSPS) is 12.8. The van der Waals surface area contributed by atoms with Gasteiger partial charge >= 0.3 is 0 Å². The maximum atomic E-state index is 4.91. The summed E-state index contributed by atoms with van der Waals surface area (Å²) in [4.78, 5) is 9.82. The van der Waals surface area contributed by atoms with E-state index in [9.17, 15) is 0 Å². The van der Waals surface area contributed by atoms with E-state index in [2.05, 4.69) is 88.6 Å². The van der Waals surface area contributed by atoms with Gasteiger partial charge in [0.1, 0.15) is 0 Å². The fourth-order valence-electron chi connectivity index (χ4n) is 2.76. The first-order valence-electron chi connectivity index (χ1n) is 9.29. The quantitative estimate of drug-likeness (QED) is 0.677. The average molecular weight is 351 g/mol. The Morgan fingerprint density at radius 1 is 0.615 bits per heavy atom. The van der Waals surface area contributed by atoms with Crippen LogP contribution >= 0.6 is 0 Å². The molecule has 2 heterocycles. The number of hydrogen-bond acceptors (Lipinski definition) is 4. The van der Waals surface area contributed by atoms with E-state index in [1.807, 2.05) is 0 Å². The first-order chi connectivity index (χ1) is 12.1. The molecule has 0 aliphatic rings. The van der Waals surface area contributed by atoms with E-state index < -0.39 is 0 Å². The van der Waals surface area contributed by atoms with Crippen LogP contribution in [0, 0.1) is 0 Å². The Bertz CT molecular complexity index is 840. The number of aromatic nitrogens is 2.